The van der Waals surface area contributed by atoms with Gasteiger partial charge < -0.3 is 10.1 Å². The molecule has 8 nitrogen and oxygen atoms in total. The molecule has 0 saturated carbocycles. The first-order valence-corrected chi connectivity index (χ1v) is 8.30. The quantitative estimate of drug-likeness (QED) is 0.627. The van der Waals surface area contributed by atoms with Crippen molar-refractivity contribution in [2.75, 3.05) is 11.4 Å². The van der Waals surface area contributed by atoms with Crippen LogP contribution in [0.1, 0.15) is 34.1 Å². The Balaban J connectivity index is 2.37. The SMILES string of the molecule is CCC(C)NC(=O)CN1C(=O)C(C(C)C)Oc2ccc([N+](=O)[O-])cc21. The summed E-state index contributed by atoms with van der Waals surface area (Å²) in [6, 6.07) is 4.03. The van der Waals surface area contributed by atoms with Crippen LogP contribution in [-0.2, 0) is 9.59 Å². The number of nitro benzene ring substituents is 1. The van der Waals surface area contributed by atoms with Crippen molar-refractivity contribution in [3.8, 4) is 5.75 Å². The maximum Gasteiger partial charge on any atom is 0.271 e. The topological polar surface area (TPSA) is 102 Å². The Morgan fingerprint density at radius 1 is 1.40 bits per heavy atom. The van der Waals surface area contributed by atoms with Crippen LogP contribution in [0.4, 0.5) is 11.4 Å². The second-order valence-electron chi connectivity index (χ2n) is 6.49. The molecule has 2 amide bonds. The van der Waals surface area contributed by atoms with Crippen molar-refractivity contribution in [2.45, 2.75) is 46.3 Å². The number of nitro groups is 1. The van der Waals surface area contributed by atoms with Crippen LogP contribution in [0.5, 0.6) is 5.75 Å². The molecule has 2 rings (SSSR count). The Labute approximate surface area is 146 Å². The highest BCUT2D eigenvalue weighted by Crippen LogP contribution is 2.38. The third-order valence-corrected chi connectivity index (χ3v) is 4.13. The number of fused-ring (bicyclic) bond motifs is 1. The lowest BCUT2D eigenvalue weighted by molar-refractivity contribution is -0.384. The van der Waals surface area contributed by atoms with Crippen molar-refractivity contribution in [3.63, 3.8) is 0 Å². The van der Waals surface area contributed by atoms with Crippen LogP contribution in [0.15, 0.2) is 18.2 Å². The van der Waals surface area contributed by atoms with E-state index in [4.69, 9.17) is 4.74 Å². The molecular weight excluding hydrogens is 326 g/mol. The predicted octanol–water partition coefficient (Wildman–Crippen LogP) is 2.26. The smallest absolute Gasteiger partial charge is 0.271 e. The van der Waals surface area contributed by atoms with Crippen LogP contribution in [0.2, 0.25) is 0 Å². The zero-order valence-corrected chi connectivity index (χ0v) is 14.8. The van der Waals surface area contributed by atoms with Gasteiger partial charge in [0.05, 0.1) is 10.6 Å². The summed E-state index contributed by atoms with van der Waals surface area (Å²) in [4.78, 5) is 36.8. The summed E-state index contributed by atoms with van der Waals surface area (Å²) >= 11 is 0. The predicted molar refractivity (Wildman–Crippen MR) is 92.6 cm³/mol. The van der Waals surface area contributed by atoms with Gasteiger partial charge in [-0.2, -0.15) is 0 Å². The number of carbonyl (C=O) groups excluding carboxylic acids is 2. The third-order valence-electron chi connectivity index (χ3n) is 4.13. The van der Waals surface area contributed by atoms with Gasteiger partial charge in [-0.25, -0.2) is 0 Å². The molecular formula is C17H23N3O5. The number of anilines is 1. The Bertz CT molecular complexity index is 689. The van der Waals surface area contributed by atoms with Crippen LogP contribution < -0.4 is 15.0 Å². The lowest BCUT2D eigenvalue weighted by atomic mass is 10.0. The minimum Gasteiger partial charge on any atom is -0.478 e. The third kappa shape index (κ3) is 4.07. The number of non-ortho nitro benzene ring substituents is 1. The lowest BCUT2D eigenvalue weighted by Crippen LogP contribution is -2.52. The highest BCUT2D eigenvalue weighted by Gasteiger charge is 2.38. The molecule has 1 aliphatic rings. The molecule has 0 aromatic heterocycles. The number of amides is 2. The van der Waals surface area contributed by atoms with Gasteiger partial charge in [0.25, 0.3) is 11.6 Å². The second-order valence-corrected chi connectivity index (χ2v) is 6.49. The van der Waals surface area contributed by atoms with E-state index < -0.39 is 11.0 Å². The van der Waals surface area contributed by atoms with Gasteiger partial charge in [0, 0.05) is 18.2 Å². The standard InChI is InChI=1S/C17H23N3O5/c1-5-11(4)18-15(21)9-19-13-8-12(20(23)24)6-7-14(13)25-16(10(2)3)17(19)22/h6-8,10-11,16H,5,9H2,1-4H3,(H,18,21). The molecule has 1 N–H and O–H groups in total. The largest absolute Gasteiger partial charge is 0.478 e. The Morgan fingerprint density at radius 2 is 2.08 bits per heavy atom. The molecule has 1 aliphatic heterocycles. The molecule has 1 aromatic rings. The summed E-state index contributed by atoms with van der Waals surface area (Å²) in [6.07, 6.45) is 0.0322. The second kappa shape index (κ2) is 7.50. The Morgan fingerprint density at radius 3 is 2.64 bits per heavy atom. The van der Waals surface area contributed by atoms with E-state index in [1.807, 2.05) is 27.7 Å². The van der Waals surface area contributed by atoms with Crippen molar-refractivity contribution in [1.29, 1.82) is 0 Å². The molecule has 0 saturated heterocycles. The summed E-state index contributed by atoms with van der Waals surface area (Å²) in [5.41, 5.74) is 0.0842. The van der Waals surface area contributed by atoms with E-state index in [-0.39, 0.29) is 41.7 Å². The van der Waals surface area contributed by atoms with Gasteiger partial charge >= 0.3 is 0 Å². The molecule has 136 valence electrons. The van der Waals surface area contributed by atoms with Gasteiger partial charge in [-0.1, -0.05) is 20.8 Å². The first kappa shape index (κ1) is 18.7. The normalized spacial score (nSPS) is 17.7. The van der Waals surface area contributed by atoms with E-state index in [0.29, 0.717) is 5.75 Å². The number of carbonyl (C=O) groups is 2. The van der Waals surface area contributed by atoms with Crippen molar-refractivity contribution >= 4 is 23.2 Å². The van der Waals surface area contributed by atoms with Gasteiger partial charge in [0.1, 0.15) is 12.3 Å². The number of nitrogens with one attached hydrogen (secondary N) is 1. The van der Waals surface area contributed by atoms with E-state index in [9.17, 15) is 19.7 Å². The number of hydrogen-bond acceptors (Lipinski definition) is 5. The average Bonchev–Trinajstić information content (AvgIpc) is 2.56. The summed E-state index contributed by atoms with van der Waals surface area (Å²) in [5, 5.41) is 13.8. The summed E-state index contributed by atoms with van der Waals surface area (Å²) in [6.45, 7) is 7.30. The molecule has 1 aromatic carbocycles. The zero-order valence-electron chi connectivity index (χ0n) is 14.8. The molecule has 0 bridgehead atoms. The van der Waals surface area contributed by atoms with Gasteiger partial charge in [-0.05, 0) is 25.3 Å². The Kier molecular flexibility index (Phi) is 5.61. The fourth-order valence-corrected chi connectivity index (χ4v) is 2.54. The molecule has 0 fully saturated rings. The van der Waals surface area contributed by atoms with Crippen molar-refractivity contribution < 1.29 is 19.2 Å². The molecule has 0 aliphatic carbocycles. The van der Waals surface area contributed by atoms with Gasteiger partial charge in [0.15, 0.2) is 6.10 Å². The van der Waals surface area contributed by atoms with Crippen LogP contribution in [0.25, 0.3) is 0 Å². The fourth-order valence-electron chi connectivity index (χ4n) is 2.54. The molecule has 25 heavy (non-hydrogen) atoms. The highest BCUT2D eigenvalue weighted by atomic mass is 16.6. The summed E-state index contributed by atoms with van der Waals surface area (Å²) in [7, 11) is 0. The van der Waals surface area contributed by atoms with Crippen molar-refractivity contribution in [3.05, 3.63) is 28.3 Å². The number of rotatable bonds is 6. The fraction of sp³-hybridized carbons (Fsp3) is 0.529. The number of benzene rings is 1. The molecule has 1 heterocycles. The van der Waals surface area contributed by atoms with E-state index in [0.717, 1.165) is 6.42 Å². The monoisotopic (exact) mass is 349 g/mol. The van der Waals surface area contributed by atoms with Crippen LogP contribution in [0.3, 0.4) is 0 Å². The van der Waals surface area contributed by atoms with Gasteiger partial charge in [0.2, 0.25) is 5.91 Å². The first-order chi connectivity index (χ1) is 11.7. The zero-order chi connectivity index (χ0) is 18.7. The maximum atomic E-state index is 12.8. The number of nitrogens with zero attached hydrogens (tertiary/aromatic N) is 2. The van der Waals surface area contributed by atoms with E-state index >= 15 is 0 Å². The lowest BCUT2D eigenvalue weighted by Gasteiger charge is -2.35. The summed E-state index contributed by atoms with van der Waals surface area (Å²) in [5.74, 6) is -0.428. The maximum absolute atomic E-state index is 12.8. The minimum atomic E-state index is -0.731. The molecule has 0 spiro atoms. The van der Waals surface area contributed by atoms with E-state index in [1.54, 1.807) is 0 Å². The highest BCUT2D eigenvalue weighted by molar-refractivity contribution is 6.04. The summed E-state index contributed by atoms with van der Waals surface area (Å²) < 4.78 is 5.71. The van der Waals surface area contributed by atoms with E-state index in [1.165, 1.54) is 23.1 Å². The Hall–Kier alpha value is -2.64. The average molecular weight is 349 g/mol. The van der Waals surface area contributed by atoms with Crippen LogP contribution in [0, 0.1) is 16.0 Å². The van der Waals surface area contributed by atoms with Crippen molar-refractivity contribution in [1.82, 2.24) is 5.32 Å². The van der Waals surface area contributed by atoms with Gasteiger partial charge in [-0.15, -0.1) is 0 Å². The van der Waals surface area contributed by atoms with Crippen molar-refractivity contribution in [2.24, 2.45) is 5.92 Å². The molecule has 2 atom stereocenters. The molecule has 8 heteroatoms. The number of hydrogen-bond donors (Lipinski definition) is 1. The van der Waals surface area contributed by atoms with Crippen LogP contribution in [-0.4, -0.2) is 35.4 Å². The van der Waals surface area contributed by atoms with Crippen LogP contribution >= 0.6 is 0 Å². The van der Waals surface area contributed by atoms with Gasteiger partial charge in [-0.3, -0.25) is 24.6 Å². The minimum absolute atomic E-state index is 0.0193. The van der Waals surface area contributed by atoms with E-state index in [2.05, 4.69) is 5.32 Å². The molecule has 2 unspecified atom stereocenters. The number of ether oxygens (including phenoxy) is 1. The molecule has 0 radical (unpaired) electrons. The first-order valence-electron chi connectivity index (χ1n) is 8.30.